The molecule has 0 radical (unpaired) electrons. The predicted octanol–water partition coefficient (Wildman–Crippen LogP) is 0.999. The van der Waals surface area contributed by atoms with Crippen LogP contribution in [0.4, 0.5) is 5.69 Å². The maximum Gasteiger partial charge on any atom is 0.247 e. The van der Waals surface area contributed by atoms with Gasteiger partial charge in [0.2, 0.25) is 23.6 Å². The Morgan fingerprint density at radius 1 is 1.26 bits per heavy atom. The quantitative estimate of drug-likeness (QED) is 0.116. The summed E-state index contributed by atoms with van der Waals surface area (Å²) in [5.41, 5.74) is 7.44. The SMILES string of the molecule is CCCC[C@H](NC(=O)CCCCNC(=N)N)C(=O)N1CCC[C@H]1C(=O)N[C@H]1Cc2c(C)cc(O)cc2NC1=O. The van der Waals surface area contributed by atoms with E-state index in [9.17, 15) is 24.3 Å². The average Bonchev–Trinajstić information content (AvgIpc) is 3.36. The number of aromatic hydroxyl groups is 1. The van der Waals surface area contributed by atoms with E-state index >= 15 is 0 Å². The van der Waals surface area contributed by atoms with Crippen LogP contribution in [0.5, 0.6) is 5.75 Å². The molecule has 2 aliphatic heterocycles. The molecule has 0 aromatic heterocycles. The second-order valence-corrected chi connectivity index (χ2v) is 10.3. The lowest BCUT2D eigenvalue weighted by Crippen LogP contribution is -2.56. The highest BCUT2D eigenvalue weighted by Gasteiger charge is 2.39. The first-order valence-electron chi connectivity index (χ1n) is 13.7. The standard InChI is InChI=1S/C27H41N7O5/c1-3-4-8-19(31-23(36)10-5-6-11-30-27(28)29)26(39)34-12-7-9-22(34)25(38)33-21-15-18-16(2)13-17(35)14-20(18)32-24(21)37/h13-14,19,21-22,35H,3-12,15H2,1-2H3,(H,31,36)(H,32,37)(H,33,38)(H4,28,29,30)/t19-,21-,22-/m0/s1. The molecule has 0 unspecified atom stereocenters. The molecule has 0 saturated carbocycles. The second-order valence-electron chi connectivity index (χ2n) is 10.3. The van der Waals surface area contributed by atoms with Crippen LogP contribution in [0.3, 0.4) is 0 Å². The first-order valence-corrected chi connectivity index (χ1v) is 13.7. The number of nitrogens with two attached hydrogens (primary N) is 1. The van der Waals surface area contributed by atoms with E-state index in [1.807, 2.05) is 13.8 Å². The average molecular weight is 544 g/mol. The Labute approximate surface area is 229 Å². The number of hydrogen-bond donors (Lipinski definition) is 7. The summed E-state index contributed by atoms with van der Waals surface area (Å²) < 4.78 is 0. The number of benzene rings is 1. The summed E-state index contributed by atoms with van der Waals surface area (Å²) in [6.45, 7) is 4.75. The summed E-state index contributed by atoms with van der Waals surface area (Å²) in [6.07, 6.45) is 5.00. The van der Waals surface area contributed by atoms with Gasteiger partial charge in [-0.2, -0.15) is 0 Å². The number of nitrogens with zero attached hydrogens (tertiary/aromatic N) is 1. The Morgan fingerprint density at radius 3 is 2.74 bits per heavy atom. The molecule has 1 fully saturated rings. The van der Waals surface area contributed by atoms with Crippen LogP contribution in [-0.4, -0.2) is 70.8 Å². The minimum atomic E-state index is -0.793. The first kappa shape index (κ1) is 29.7. The summed E-state index contributed by atoms with van der Waals surface area (Å²) in [6, 6.07) is 0.871. The van der Waals surface area contributed by atoms with Gasteiger partial charge < -0.3 is 37.0 Å². The molecule has 3 rings (SSSR count). The van der Waals surface area contributed by atoms with Gasteiger partial charge in [-0.3, -0.25) is 24.6 Å². The van der Waals surface area contributed by atoms with Crippen LogP contribution < -0.4 is 27.0 Å². The van der Waals surface area contributed by atoms with Crippen molar-refractivity contribution in [3.8, 4) is 5.75 Å². The molecule has 2 heterocycles. The van der Waals surface area contributed by atoms with Gasteiger partial charge >= 0.3 is 0 Å². The highest BCUT2D eigenvalue weighted by atomic mass is 16.3. The molecule has 1 saturated heterocycles. The molecule has 8 N–H and O–H groups in total. The Balaban J connectivity index is 1.61. The van der Waals surface area contributed by atoms with E-state index in [0.29, 0.717) is 50.9 Å². The smallest absolute Gasteiger partial charge is 0.247 e. The van der Waals surface area contributed by atoms with E-state index in [2.05, 4.69) is 21.3 Å². The molecule has 214 valence electrons. The predicted molar refractivity (Wildman–Crippen MR) is 147 cm³/mol. The van der Waals surface area contributed by atoms with E-state index in [1.165, 1.54) is 11.0 Å². The molecule has 2 aliphatic rings. The van der Waals surface area contributed by atoms with Gasteiger partial charge in [-0.1, -0.05) is 19.8 Å². The van der Waals surface area contributed by atoms with Gasteiger partial charge in [0.05, 0.1) is 0 Å². The van der Waals surface area contributed by atoms with Crippen LogP contribution >= 0.6 is 0 Å². The Bertz CT molecular complexity index is 1090. The number of hydrogen-bond acceptors (Lipinski definition) is 6. The monoisotopic (exact) mass is 543 g/mol. The van der Waals surface area contributed by atoms with Crippen LogP contribution in [0.1, 0.15) is 69.4 Å². The van der Waals surface area contributed by atoms with E-state index in [4.69, 9.17) is 11.1 Å². The van der Waals surface area contributed by atoms with Crippen molar-refractivity contribution >= 4 is 35.3 Å². The zero-order valence-corrected chi connectivity index (χ0v) is 22.8. The third-order valence-electron chi connectivity index (χ3n) is 7.22. The van der Waals surface area contributed by atoms with Crippen molar-refractivity contribution < 1.29 is 24.3 Å². The van der Waals surface area contributed by atoms with Crippen molar-refractivity contribution in [1.29, 1.82) is 5.41 Å². The van der Waals surface area contributed by atoms with Gasteiger partial charge in [-0.05, 0) is 56.2 Å². The molecule has 3 atom stereocenters. The molecule has 12 heteroatoms. The number of amides is 4. The summed E-state index contributed by atoms with van der Waals surface area (Å²) in [7, 11) is 0. The van der Waals surface area contributed by atoms with Crippen molar-refractivity contribution in [2.24, 2.45) is 5.73 Å². The lowest BCUT2D eigenvalue weighted by atomic mass is 9.94. The molecule has 1 aromatic carbocycles. The van der Waals surface area contributed by atoms with Gasteiger partial charge in [0, 0.05) is 37.7 Å². The van der Waals surface area contributed by atoms with Crippen molar-refractivity contribution in [2.45, 2.75) is 89.8 Å². The van der Waals surface area contributed by atoms with Crippen LogP contribution in [0.15, 0.2) is 12.1 Å². The van der Waals surface area contributed by atoms with Crippen molar-refractivity contribution in [1.82, 2.24) is 20.9 Å². The van der Waals surface area contributed by atoms with E-state index < -0.39 is 18.1 Å². The topological polar surface area (TPSA) is 190 Å². The zero-order valence-electron chi connectivity index (χ0n) is 22.8. The normalized spacial score (nSPS) is 19.0. The number of unbranched alkanes of at least 4 members (excludes halogenated alkanes) is 2. The van der Waals surface area contributed by atoms with Gasteiger partial charge in [0.1, 0.15) is 23.9 Å². The van der Waals surface area contributed by atoms with Crippen molar-refractivity contribution in [3.63, 3.8) is 0 Å². The lowest BCUT2D eigenvalue weighted by Gasteiger charge is -2.31. The zero-order chi connectivity index (χ0) is 28.5. The molecule has 39 heavy (non-hydrogen) atoms. The van der Waals surface area contributed by atoms with Crippen LogP contribution in [-0.2, 0) is 25.6 Å². The summed E-state index contributed by atoms with van der Waals surface area (Å²) in [5, 5.41) is 28.1. The highest BCUT2D eigenvalue weighted by molar-refractivity contribution is 6.01. The molecule has 12 nitrogen and oxygen atoms in total. The number of phenols is 1. The molecular weight excluding hydrogens is 502 g/mol. The van der Waals surface area contributed by atoms with Crippen LogP contribution in [0.25, 0.3) is 0 Å². The fourth-order valence-corrected chi connectivity index (χ4v) is 5.15. The minimum Gasteiger partial charge on any atom is -0.508 e. The molecule has 1 aromatic rings. The van der Waals surface area contributed by atoms with Crippen molar-refractivity contribution in [3.05, 3.63) is 23.3 Å². The van der Waals surface area contributed by atoms with Gasteiger partial charge in [0.15, 0.2) is 5.96 Å². The third kappa shape index (κ3) is 8.08. The fourth-order valence-electron chi connectivity index (χ4n) is 5.15. The van der Waals surface area contributed by atoms with E-state index in [1.54, 1.807) is 6.07 Å². The number of anilines is 1. The number of nitrogens with one attached hydrogen (secondary N) is 5. The molecule has 0 spiro atoms. The minimum absolute atomic E-state index is 0.0591. The maximum atomic E-state index is 13.5. The van der Waals surface area contributed by atoms with Crippen molar-refractivity contribution in [2.75, 3.05) is 18.4 Å². The fraction of sp³-hybridized carbons (Fsp3) is 0.593. The van der Waals surface area contributed by atoms with Gasteiger partial charge in [-0.25, -0.2) is 0 Å². The first-order chi connectivity index (χ1) is 18.6. The molecule has 4 amide bonds. The lowest BCUT2D eigenvalue weighted by molar-refractivity contribution is -0.142. The van der Waals surface area contributed by atoms with E-state index in [0.717, 1.165) is 24.0 Å². The number of likely N-dealkylation sites (tertiary alicyclic amines) is 1. The largest absolute Gasteiger partial charge is 0.508 e. The third-order valence-corrected chi connectivity index (χ3v) is 7.22. The number of guanidine groups is 1. The number of carbonyl (C=O) groups is 4. The summed E-state index contributed by atoms with van der Waals surface area (Å²) in [5.74, 6) is -1.33. The maximum absolute atomic E-state index is 13.5. The van der Waals surface area contributed by atoms with Crippen LogP contribution in [0.2, 0.25) is 0 Å². The Morgan fingerprint density at radius 2 is 2.03 bits per heavy atom. The number of fused-ring (bicyclic) bond motifs is 1. The van der Waals surface area contributed by atoms with Gasteiger partial charge in [-0.15, -0.1) is 0 Å². The van der Waals surface area contributed by atoms with E-state index in [-0.39, 0.29) is 48.2 Å². The summed E-state index contributed by atoms with van der Waals surface area (Å²) >= 11 is 0. The summed E-state index contributed by atoms with van der Waals surface area (Å²) in [4.78, 5) is 53.6. The molecule has 0 bridgehead atoms. The number of carbonyl (C=O) groups excluding carboxylic acids is 4. The molecular formula is C27H41N7O5. The number of aryl methyl sites for hydroxylation is 1. The molecule has 0 aliphatic carbocycles. The Hall–Kier alpha value is -3.83. The van der Waals surface area contributed by atoms with Gasteiger partial charge in [0.25, 0.3) is 0 Å². The number of phenolic OH excluding ortho intramolecular Hbond substituents is 1. The Kier molecular flexibility index (Phi) is 10.5. The highest BCUT2D eigenvalue weighted by Crippen LogP contribution is 2.30. The van der Waals surface area contributed by atoms with Crippen LogP contribution in [0, 0.1) is 12.3 Å². The number of rotatable bonds is 12. The second kappa shape index (κ2) is 13.8.